The molecule has 34 heavy (non-hydrogen) atoms. The van der Waals surface area contributed by atoms with E-state index in [9.17, 15) is 9.59 Å². The molecule has 0 heterocycles. The molecule has 186 valence electrons. The summed E-state index contributed by atoms with van der Waals surface area (Å²) in [7, 11) is 0. The van der Waals surface area contributed by atoms with Gasteiger partial charge in [-0.2, -0.15) is 0 Å². The predicted molar refractivity (Wildman–Crippen MR) is 145 cm³/mol. The molecule has 2 aromatic carbocycles. The van der Waals surface area contributed by atoms with Crippen molar-refractivity contribution >= 4 is 11.6 Å². The fourth-order valence-corrected chi connectivity index (χ4v) is 6.08. The van der Waals surface area contributed by atoms with Crippen LogP contribution >= 0.6 is 0 Å². The van der Waals surface area contributed by atoms with E-state index in [1.165, 1.54) is 47.9 Å². The van der Waals surface area contributed by atoms with Crippen LogP contribution in [-0.4, -0.2) is 11.6 Å². The van der Waals surface area contributed by atoms with Crippen LogP contribution in [0, 0.1) is 19.8 Å². The largest absolute Gasteiger partial charge is 0.299 e. The van der Waals surface area contributed by atoms with Gasteiger partial charge in [-0.25, -0.2) is 0 Å². The van der Waals surface area contributed by atoms with Gasteiger partial charge in [-0.15, -0.1) is 0 Å². The van der Waals surface area contributed by atoms with E-state index < -0.39 is 0 Å². The van der Waals surface area contributed by atoms with Gasteiger partial charge in [0.15, 0.2) is 5.78 Å². The smallest absolute Gasteiger partial charge is 0.162 e. The molecule has 2 aliphatic rings. The van der Waals surface area contributed by atoms with E-state index in [1.807, 2.05) is 13.8 Å². The van der Waals surface area contributed by atoms with Gasteiger partial charge in [0.05, 0.1) is 0 Å². The van der Waals surface area contributed by atoms with Gasteiger partial charge in [-0.05, 0) is 105 Å². The number of aryl methyl sites for hydroxylation is 2. The molecule has 0 radical (unpaired) electrons. The molecule has 1 unspecified atom stereocenters. The Morgan fingerprint density at radius 2 is 1.50 bits per heavy atom. The molecule has 2 nitrogen and oxygen atoms in total. The Kier molecular flexibility index (Phi) is 10.1. The third kappa shape index (κ3) is 6.68. The summed E-state index contributed by atoms with van der Waals surface area (Å²) in [6.07, 6.45) is 11.3. The minimum atomic E-state index is 0. The van der Waals surface area contributed by atoms with Gasteiger partial charge in [-0.3, -0.25) is 9.59 Å². The van der Waals surface area contributed by atoms with E-state index in [2.05, 4.69) is 56.3 Å². The van der Waals surface area contributed by atoms with Crippen molar-refractivity contribution in [2.75, 3.05) is 0 Å². The fraction of sp³-hybridized carbons (Fsp3) is 0.562. The molecule has 0 aliphatic heterocycles. The Bertz CT molecular complexity index is 956. The number of Topliss-reactive ketones (excluding diaryl/α,β-unsaturated/α-hetero) is 2. The van der Waals surface area contributed by atoms with Crippen molar-refractivity contribution in [3.63, 3.8) is 0 Å². The lowest BCUT2D eigenvalue weighted by molar-refractivity contribution is -0.120. The first kappa shape index (κ1) is 26.4. The third-order valence-corrected chi connectivity index (χ3v) is 8.02. The van der Waals surface area contributed by atoms with Gasteiger partial charge in [0.1, 0.15) is 5.78 Å². The number of ketones is 2. The summed E-state index contributed by atoms with van der Waals surface area (Å²) in [6.45, 7) is 8.40. The van der Waals surface area contributed by atoms with Crippen molar-refractivity contribution in [3.05, 3.63) is 70.3 Å². The predicted octanol–water partition coefficient (Wildman–Crippen LogP) is 9.13. The first-order valence-corrected chi connectivity index (χ1v) is 13.7. The number of hydrogen-bond acceptors (Lipinski definition) is 2. The highest BCUT2D eigenvalue weighted by molar-refractivity contribution is 5.96. The molecule has 2 saturated carbocycles. The maximum atomic E-state index is 12.7. The Balaban J connectivity index is 0.00000140. The zero-order valence-corrected chi connectivity index (χ0v) is 21.9. The second kappa shape index (κ2) is 13.0. The van der Waals surface area contributed by atoms with E-state index in [4.69, 9.17) is 0 Å². The SMILES string of the molecule is CC.Cc1ccccc1C1CCC(c2ccc(C(=O)CCCCC3CCCC3=O)cc2C)CC1.[HH]. The molecule has 0 N–H and O–H groups in total. The maximum absolute atomic E-state index is 12.7. The lowest BCUT2D eigenvalue weighted by Crippen LogP contribution is -2.14. The molecule has 0 amide bonds. The van der Waals surface area contributed by atoms with Crippen molar-refractivity contribution in [1.29, 1.82) is 0 Å². The second-order valence-corrected chi connectivity index (χ2v) is 10.2. The number of carbonyl (C=O) groups excluding carboxylic acids is 2. The summed E-state index contributed by atoms with van der Waals surface area (Å²) in [5.74, 6) is 2.26. The zero-order valence-electron chi connectivity index (χ0n) is 21.9. The van der Waals surface area contributed by atoms with Crippen LogP contribution in [0.15, 0.2) is 42.5 Å². The quantitative estimate of drug-likeness (QED) is 0.289. The molecule has 0 aromatic heterocycles. The minimum absolute atomic E-state index is 0. The maximum Gasteiger partial charge on any atom is 0.162 e. The number of carbonyl (C=O) groups is 2. The highest BCUT2D eigenvalue weighted by Gasteiger charge is 2.26. The normalized spacial score (nSPS) is 22.2. The second-order valence-electron chi connectivity index (χ2n) is 10.2. The Hall–Kier alpha value is -2.22. The summed E-state index contributed by atoms with van der Waals surface area (Å²) in [4.78, 5) is 24.5. The highest BCUT2D eigenvalue weighted by atomic mass is 16.1. The molecule has 1 atom stereocenters. The molecular formula is C32H46O2. The lowest BCUT2D eigenvalue weighted by atomic mass is 9.74. The molecule has 0 spiro atoms. The molecule has 0 bridgehead atoms. The average Bonchev–Trinajstić information content (AvgIpc) is 3.28. The minimum Gasteiger partial charge on any atom is -0.299 e. The van der Waals surface area contributed by atoms with Crippen molar-refractivity contribution in [3.8, 4) is 0 Å². The van der Waals surface area contributed by atoms with Crippen LogP contribution in [-0.2, 0) is 4.79 Å². The number of unbranched alkanes of at least 4 members (excludes halogenated alkanes) is 1. The summed E-state index contributed by atoms with van der Waals surface area (Å²) in [5.41, 5.74) is 6.51. The molecular weight excluding hydrogens is 416 g/mol. The van der Waals surface area contributed by atoms with Crippen LogP contribution in [0.4, 0.5) is 0 Å². The molecule has 2 fully saturated rings. The van der Waals surface area contributed by atoms with Crippen LogP contribution in [0.5, 0.6) is 0 Å². The van der Waals surface area contributed by atoms with Crippen LogP contribution in [0.3, 0.4) is 0 Å². The topological polar surface area (TPSA) is 34.1 Å². The third-order valence-electron chi connectivity index (χ3n) is 8.02. The fourth-order valence-electron chi connectivity index (χ4n) is 6.08. The standard InChI is InChI=1S/C30H38O2.C2H6.H2/c1-21-8-3-5-11-27(21)23-14-16-24(17-15-23)28-19-18-26(20-22(28)2)30(32)12-6-4-9-25-10-7-13-29(25)31;1-2;/h3,5,8,11,18-20,23-25H,4,6-7,9-10,12-17H2,1-2H3;1-2H3;1H. The van der Waals surface area contributed by atoms with Crippen LogP contribution in [0.2, 0.25) is 0 Å². The van der Waals surface area contributed by atoms with Crippen molar-refractivity contribution < 1.29 is 11.0 Å². The van der Waals surface area contributed by atoms with E-state index in [1.54, 1.807) is 0 Å². The molecule has 2 aliphatic carbocycles. The number of benzene rings is 2. The van der Waals surface area contributed by atoms with E-state index in [0.717, 1.165) is 44.1 Å². The van der Waals surface area contributed by atoms with Gasteiger partial charge in [0.25, 0.3) is 0 Å². The Labute approximate surface area is 209 Å². The summed E-state index contributed by atoms with van der Waals surface area (Å²) < 4.78 is 0. The molecule has 0 saturated heterocycles. The van der Waals surface area contributed by atoms with Crippen LogP contribution in [0.25, 0.3) is 0 Å². The summed E-state index contributed by atoms with van der Waals surface area (Å²) in [6, 6.07) is 15.2. The van der Waals surface area contributed by atoms with Crippen LogP contribution < -0.4 is 0 Å². The zero-order chi connectivity index (χ0) is 24.5. The summed E-state index contributed by atoms with van der Waals surface area (Å²) in [5, 5.41) is 0. The molecule has 2 aromatic rings. The lowest BCUT2D eigenvalue weighted by Gasteiger charge is -2.31. The van der Waals surface area contributed by atoms with Crippen molar-refractivity contribution in [1.82, 2.24) is 0 Å². The van der Waals surface area contributed by atoms with Gasteiger partial charge in [0.2, 0.25) is 0 Å². The average molecular weight is 463 g/mol. The van der Waals surface area contributed by atoms with Crippen LogP contribution in [0.1, 0.15) is 130 Å². The number of rotatable bonds is 8. The first-order chi connectivity index (χ1) is 16.5. The Morgan fingerprint density at radius 3 is 2.09 bits per heavy atom. The van der Waals surface area contributed by atoms with Gasteiger partial charge in [-0.1, -0.05) is 56.7 Å². The van der Waals surface area contributed by atoms with E-state index >= 15 is 0 Å². The van der Waals surface area contributed by atoms with E-state index in [-0.39, 0.29) is 13.1 Å². The van der Waals surface area contributed by atoms with E-state index in [0.29, 0.717) is 24.0 Å². The molecule has 4 rings (SSSR count). The van der Waals surface area contributed by atoms with Gasteiger partial charge in [0, 0.05) is 25.7 Å². The monoisotopic (exact) mass is 462 g/mol. The van der Waals surface area contributed by atoms with Crippen molar-refractivity contribution in [2.24, 2.45) is 5.92 Å². The van der Waals surface area contributed by atoms with Crippen molar-refractivity contribution in [2.45, 2.75) is 110 Å². The Morgan fingerprint density at radius 1 is 0.853 bits per heavy atom. The highest BCUT2D eigenvalue weighted by Crippen LogP contribution is 2.42. The molecule has 2 heteroatoms. The summed E-state index contributed by atoms with van der Waals surface area (Å²) >= 11 is 0. The van der Waals surface area contributed by atoms with Gasteiger partial charge >= 0.3 is 0 Å². The first-order valence-electron chi connectivity index (χ1n) is 13.7. The van der Waals surface area contributed by atoms with Gasteiger partial charge < -0.3 is 0 Å². The number of hydrogen-bond donors (Lipinski definition) is 0.